The van der Waals surface area contributed by atoms with Crippen LogP contribution in [-0.2, 0) is 6.18 Å². The average molecular weight is 437 g/mol. The van der Waals surface area contributed by atoms with Gasteiger partial charge in [-0.1, -0.05) is 6.07 Å². The van der Waals surface area contributed by atoms with Gasteiger partial charge in [-0.3, -0.25) is 4.79 Å². The molecule has 4 aromatic rings. The van der Waals surface area contributed by atoms with Crippen LogP contribution >= 0.6 is 0 Å². The number of fused-ring (bicyclic) bond motifs is 1. The van der Waals surface area contributed by atoms with E-state index in [1.54, 1.807) is 31.6 Å². The molecule has 2 aromatic carbocycles. The fourth-order valence-corrected chi connectivity index (χ4v) is 3.21. The van der Waals surface area contributed by atoms with Crippen LogP contribution in [0.3, 0.4) is 0 Å². The molecule has 0 aliphatic heterocycles. The van der Waals surface area contributed by atoms with E-state index in [1.165, 1.54) is 12.1 Å². The molecule has 0 saturated carbocycles. The second-order valence-electron chi connectivity index (χ2n) is 7.14. The van der Waals surface area contributed by atoms with E-state index in [9.17, 15) is 18.0 Å². The molecule has 4 rings (SSSR count). The summed E-state index contributed by atoms with van der Waals surface area (Å²) < 4.78 is 38.2. The highest BCUT2D eigenvalue weighted by atomic mass is 19.4. The molecule has 0 atom stereocenters. The van der Waals surface area contributed by atoms with Crippen LogP contribution in [0.25, 0.3) is 22.2 Å². The number of halogens is 3. The van der Waals surface area contributed by atoms with Crippen molar-refractivity contribution in [2.24, 2.45) is 0 Å². The van der Waals surface area contributed by atoms with E-state index in [2.05, 4.69) is 25.6 Å². The Morgan fingerprint density at radius 3 is 2.41 bits per heavy atom. The Bertz CT molecular complexity index is 1300. The zero-order valence-corrected chi connectivity index (χ0v) is 17.2. The molecule has 2 N–H and O–H groups in total. The molecule has 0 aliphatic rings. The number of anilines is 2. The second kappa shape index (κ2) is 8.26. The quantitative estimate of drug-likeness (QED) is 0.452. The highest BCUT2D eigenvalue weighted by Crippen LogP contribution is 2.30. The molecule has 162 valence electrons. The molecular formula is C23H18F3N5O. The smallest absolute Gasteiger partial charge is 0.357 e. The zero-order chi connectivity index (χ0) is 22.9. The molecule has 0 radical (unpaired) electrons. The number of rotatable bonds is 4. The summed E-state index contributed by atoms with van der Waals surface area (Å²) in [4.78, 5) is 25.6. The number of pyridine rings is 1. The number of nitrogens with one attached hydrogen (secondary N) is 2. The maximum Gasteiger partial charge on any atom is 0.416 e. The van der Waals surface area contributed by atoms with Gasteiger partial charge in [-0.2, -0.15) is 18.2 Å². The van der Waals surface area contributed by atoms with Crippen LogP contribution in [0.5, 0.6) is 0 Å². The standard InChI is InChI=1S/C23H18F3N5O/c1-13-3-4-14(21(32)30-18-7-5-17(6-8-18)23(24,25)26)10-19(13)15-9-16-12-29-22(27-2)31-20(16)28-11-15/h3-12H,1-2H3,(H,30,32)(H,27,28,29,31). The Morgan fingerprint density at radius 1 is 0.969 bits per heavy atom. The molecule has 0 saturated heterocycles. The van der Waals surface area contributed by atoms with Gasteiger partial charge in [0.05, 0.1) is 5.56 Å². The van der Waals surface area contributed by atoms with E-state index >= 15 is 0 Å². The van der Waals surface area contributed by atoms with Crippen molar-refractivity contribution in [3.05, 3.63) is 77.6 Å². The summed E-state index contributed by atoms with van der Waals surface area (Å²) in [6, 6.07) is 11.4. The highest BCUT2D eigenvalue weighted by molar-refractivity contribution is 6.05. The molecule has 0 aliphatic carbocycles. The van der Waals surface area contributed by atoms with Crippen molar-refractivity contribution in [2.45, 2.75) is 13.1 Å². The van der Waals surface area contributed by atoms with Crippen molar-refractivity contribution in [3.8, 4) is 11.1 Å². The van der Waals surface area contributed by atoms with E-state index in [1.807, 2.05) is 19.1 Å². The lowest BCUT2D eigenvalue weighted by molar-refractivity contribution is -0.137. The van der Waals surface area contributed by atoms with Gasteiger partial charge in [0.25, 0.3) is 5.91 Å². The van der Waals surface area contributed by atoms with Crippen LogP contribution in [0.2, 0.25) is 0 Å². The summed E-state index contributed by atoms with van der Waals surface area (Å²) in [7, 11) is 1.72. The van der Waals surface area contributed by atoms with Crippen LogP contribution in [0, 0.1) is 6.92 Å². The van der Waals surface area contributed by atoms with Crippen molar-refractivity contribution in [1.29, 1.82) is 0 Å². The van der Waals surface area contributed by atoms with Crippen molar-refractivity contribution in [1.82, 2.24) is 15.0 Å². The van der Waals surface area contributed by atoms with E-state index in [0.717, 1.165) is 34.2 Å². The van der Waals surface area contributed by atoms with Crippen LogP contribution in [0.1, 0.15) is 21.5 Å². The van der Waals surface area contributed by atoms with E-state index in [4.69, 9.17) is 0 Å². The summed E-state index contributed by atoms with van der Waals surface area (Å²) >= 11 is 0. The molecule has 32 heavy (non-hydrogen) atoms. The van der Waals surface area contributed by atoms with Crippen LogP contribution in [-0.4, -0.2) is 27.9 Å². The molecule has 1 amide bonds. The van der Waals surface area contributed by atoms with Gasteiger partial charge in [-0.25, -0.2) is 9.97 Å². The van der Waals surface area contributed by atoms with Gasteiger partial charge in [0, 0.05) is 41.6 Å². The predicted octanol–water partition coefficient (Wildman–Crippen LogP) is 5.31. The highest BCUT2D eigenvalue weighted by Gasteiger charge is 2.30. The fraction of sp³-hybridized carbons (Fsp3) is 0.130. The van der Waals surface area contributed by atoms with Gasteiger partial charge >= 0.3 is 6.18 Å². The first-order valence-electron chi connectivity index (χ1n) is 9.65. The lowest BCUT2D eigenvalue weighted by Crippen LogP contribution is -2.12. The van der Waals surface area contributed by atoms with Crippen LogP contribution < -0.4 is 10.6 Å². The molecule has 2 heterocycles. The third-order valence-electron chi connectivity index (χ3n) is 4.94. The topological polar surface area (TPSA) is 79.8 Å². The number of aryl methyl sites for hydroxylation is 1. The number of amides is 1. The molecule has 9 heteroatoms. The Labute approximate surface area is 181 Å². The van der Waals surface area contributed by atoms with Crippen molar-refractivity contribution in [3.63, 3.8) is 0 Å². The van der Waals surface area contributed by atoms with Gasteiger partial charge in [-0.05, 0) is 60.5 Å². The van der Waals surface area contributed by atoms with Crippen molar-refractivity contribution in [2.75, 3.05) is 17.7 Å². The van der Waals surface area contributed by atoms with Crippen molar-refractivity contribution >= 4 is 28.6 Å². The molecule has 6 nitrogen and oxygen atoms in total. The molecule has 0 spiro atoms. The molecular weight excluding hydrogens is 419 g/mol. The second-order valence-corrected chi connectivity index (χ2v) is 7.14. The molecule has 0 bridgehead atoms. The van der Waals surface area contributed by atoms with Gasteiger partial charge in [0.15, 0.2) is 5.65 Å². The maximum absolute atomic E-state index is 12.7. The molecule has 0 fully saturated rings. The first-order chi connectivity index (χ1) is 15.2. The number of benzene rings is 2. The summed E-state index contributed by atoms with van der Waals surface area (Å²) in [5.41, 5.74) is 2.94. The number of alkyl halides is 3. The lowest BCUT2D eigenvalue weighted by Gasteiger charge is -2.11. The summed E-state index contributed by atoms with van der Waals surface area (Å²) in [6.07, 6.45) is -1.09. The maximum atomic E-state index is 12.7. The minimum atomic E-state index is -4.43. The number of carbonyl (C=O) groups excluding carboxylic acids is 1. The zero-order valence-electron chi connectivity index (χ0n) is 17.2. The Morgan fingerprint density at radius 2 is 1.72 bits per heavy atom. The SMILES string of the molecule is CNc1ncc2cc(-c3cc(C(=O)Nc4ccc(C(F)(F)F)cc4)ccc3C)cnc2n1. The molecule has 2 aromatic heterocycles. The average Bonchev–Trinajstić information content (AvgIpc) is 2.78. The first kappa shape index (κ1) is 21.2. The van der Waals surface area contributed by atoms with Crippen LogP contribution in [0.4, 0.5) is 24.8 Å². The minimum absolute atomic E-state index is 0.273. The third-order valence-corrected chi connectivity index (χ3v) is 4.94. The van der Waals surface area contributed by atoms with E-state index in [0.29, 0.717) is 17.2 Å². The monoisotopic (exact) mass is 437 g/mol. The summed E-state index contributed by atoms with van der Waals surface area (Å²) in [5.74, 6) is 0.0395. The Hall–Kier alpha value is -4.01. The number of hydrogen-bond donors (Lipinski definition) is 2. The first-order valence-corrected chi connectivity index (χ1v) is 9.65. The van der Waals surface area contributed by atoms with Crippen LogP contribution in [0.15, 0.2) is 60.9 Å². The summed E-state index contributed by atoms with van der Waals surface area (Å²) in [5, 5.41) is 6.24. The molecule has 0 unspecified atom stereocenters. The minimum Gasteiger partial charge on any atom is -0.357 e. The Kier molecular flexibility index (Phi) is 5.48. The number of hydrogen-bond acceptors (Lipinski definition) is 5. The van der Waals surface area contributed by atoms with E-state index < -0.39 is 17.6 Å². The van der Waals surface area contributed by atoms with Gasteiger partial charge in [-0.15, -0.1) is 0 Å². The number of carbonyl (C=O) groups is 1. The fourth-order valence-electron chi connectivity index (χ4n) is 3.21. The normalized spacial score (nSPS) is 11.4. The Balaban J connectivity index is 1.61. The number of nitrogens with zero attached hydrogens (tertiary/aromatic N) is 3. The van der Waals surface area contributed by atoms with Crippen molar-refractivity contribution < 1.29 is 18.0 Å². The largest absolute Gasteiger partial charge is 0.416 e. The van der Waals surface area contributed by atoms with Gasteiger partial charge in [0.1, 0.15) is 0 Å². The number of aromatic nitrogens is 3. The third kappa shape index (κ3) is 4.36. The van der Waals surface area contributed by atoms with Gasteiger partial charge in [0.2, 0.25) is 5.95 Å². The summed E-state index contributed by atoms with van der Waals surface area (Å²) in [6.45, 7) is 1.91. The van der Waals surface area contributed by atoms with Gasteiger partial charge < -0.3 is 10.6 Å². The van der Waals surface area contributed by atoms with E-state index in [-0.39, 0.29) is 5.69 Å². The predicted molar refractivity (Wildman–Crippen MR) is 116 cm³/mol. The lowest BCUT2D eigenvalue weighted by atomic mass is 9.98.